The Hall–Kier alpha value is -3.35. The molecule has 0 spiro atoms. The van der Waals surface area contributed by atoms with Gasteiger partial charge in [0.05, 0.1) is 25.8 Å². The molecule has 1 unspecified atom stereocenters. The smallest absolute Gasteiger partial charge is 0.255 e. The summed E-state index contributed by atoms with van der Waals surface area (Å²) in [6.45, 7) is 0.699. The number of carbonyl (C=O) groups excluding carboxylic acids is 1. The van der Waals surface area contributed by atoms with Crippen LogP contribution >= 0.6 is 0 Å². The molecule has 0 bridgehead atoms. The molecule has 7 heteroatoms. The molecule has 28 heavy (non-hydrogen) atoms. The molecule has 1 saturated heterocycles. The van der Waals surface area contributed by atoms with E-state index in [-0.39, 0.29) is 11.9 Å². The third kappa shape index (κ3) is 3.31. The van der Waals surface area contributed by atoms with Crippen LogP contribution in [0.25, 0.3) is 5.82 Å². The summed E-state index contributed by atoms with van der Waals surface area (Å²) >= 11 is 0. The number of ether oxygens (including phenoxy) is 2. The average molecular weight is 378 g/mol. The number of likely N-dealkylation sites (tertiary alicyclic amines) is 1. The van der Waals surface area contributed by atoms with Crippen molar-refractivity contribution in [3.8, 4) is 17.3 Å². The number of methoxy groups -OCH3 is 2. The van der Waals surface area contributed by atoms with Crippen LogP contribution in [-0.4, -0.2) is 46.3 Å². The van der Waals surface area contributed by atoms with E-state index in [4.69, 9.17) is 9.47 Å². The number of pyridine rings is 1. The predicted molar refractivity (Wildman–Crippen MR) is 104 cm³/mol. The Bertz CT molecular complexity index is 954. The van der Waals surface area contributed by atoms with Crippen LogP contribution < -0.4 is 9.47 Å². The van der Waals surface area contributed by atoms with E-state index in [0.29, 0.717) is 17.9 Å². The molecule has 144 valence electrons. The lowest BCUT2D eigenvalue weighted by atomic mass is 10.0. The first-order valence-corrected chi connectivity index (χ1v) is 9.20. The van der Waals surface area contributed by atoms with Crippen LogP contribution in [0.15, 0.2) is 55.0 Å². The molecule has 3 aromatic rings. The number of hydrogen-bond acceptors (Lipinski definition) is 5. The fourth-order valence-corrected chi connectivity index (χ4v) is 3.65. The summed E-state index contributed by atoms with van der Waals surface area (Å²) in [5.74, 6) is 2.15. The van der Waals surface area contributed by atoms with Crippen LogP contribution in [0.5, 0.6) is 11.5 Å². The fourth-order valence-electron chi connectivity index (χ4n) is 3.65. The third-order valence-corrected chi connectivity index (χ3v) is 5.04. The minimum Gasteiger partial charge on any atom is -0.497 e. The molecule has 1 aromatic carbocycles. The van der Waals surface area contributed by atoms with Crippen LogP contribution in [0, 0.1) is 0 Å². The molecule has 0 N–H and O–H groups in total. The fraction of sp³-hybridized carbons (Fsp3) is 0.286. The highest BCUT2D eigenvalue weighted by atomic mass is 16.5. The van der Waals surface area contributed by atoms with Crippen LogP contribution in [0.4, 0.5) is 0 Å². The maximum atomic E-state index is 13.2. The van der Waals surface area contributed by atoms with Crippen molar-refractivity contribution in [2.45, 2.75) is 18.9 Å². The molecule has 4 rings (SSSR count). The van der Waals surface area contributed by atoms with E-state index in [1.54, 1.807) is 43.4 Å². The van der Waals surface area contributed by atoms with E-state index in [1.807, 2.05) is 35.4 Å². The topological polar surface area (TPSA) is 69.5 Å². The zero-order chi connectivity index (χ0) is 19.5. The van der Waals surface area contributed by atoms with Gasteiger partial charge in [-0.15, -0.1) is 0 Å². The highest BCUT2D eigenvalue weighted by molar-refractivity contribution is 5.94. The largest absolute Gasteiger partial charge is 0.497 e. The SMILES string of the molecule is COc1ccc(OC)c(C2CCCN2C(=O)c2ccc(-n3cccn3)nc2)c1. The lowest BCUT2D eigenvalue weighted by Gasteiger charge is -2.26. The summed E-state index contributed by atoms with van der Waals surface area (Å²) < 4.78 is 12.6. The van der Waals surface area contributed by atoms with Crippen molar-refractivity contribution in [1.29, 1.82) is 0 Å². The maximum Gasteiger partial charge on any atom is 0.255 e. The van der Waals surface area contributed by atoms with Crippen molar-refractivity contribution in [1.82, 2.24) is 19.7 Å². The van der Waals surface area contributed by atoms with E-state index in [1.165, 1.54) is 0 Å². The van der Waals surface area contributed by atoms with Crippen molar-refractivity contribution in [3.05, 3.63) is 66.1 Å². The minimum absolute atomic E-state index is 0.0353. The molecule has 1 amide bonds. The van der Waals surface area contributed by atoms with Crippen molar-refractivity contribution in [2.24, 2.45) is 0 Å². The van der Waals surface area contributed by atoms with Crippen molar-refractivity contribution >= 4 is 5.91 Å². The molecular formula is C21H22N4O3. The molecule has 7 nitrogen and oxygen atoms in total. The van der Waals surface area contributed by atoms with E-state index in [2.05, 4.69) is 10.1 Å². The van der Waals surface area contributed by atoms with E-state index in [0.717, 1.165) is 29.9 Å². The van der Waals surface area contributed by atoms with Crippen LogP contribution in [0.1, 0.15) is 34.8 Å². The normalized spacial score (nSPS) is 16.2. The van der Waals surface area contributed by atoms with Crippen molar-refractivity contribution < 1.29 is 14.3 Å². The standard InChI is InChI=1S/C21H22N4O3/c1-27-16-7-8-19(28-2)17(13-16)18-5-3-11-24(18)21(26)15-6-9-20(22-14-15)25-12-4-10-23-25/h4,6-10,12-14,18H,3,5,11H2,1-2H3. The molecule has 2 aromatic heterocycles. The Kier molecular flexibility index (Phi) is 4.97. The van der Waals surface area contributed by atoms with Gasteiger partial charge >= 0.3 is 0 Å². The lowest BCUT2D eigenvalue weighted by molar-refractivity contribution is 0.0733. The van der Waals surface area contributed by atoms with Crippen LogP contribution in [0.2, 0.25) is 0 Å². The van der Waals surface area contributed by atoms with Gasteiger partial charge in [0.2, 0.25) is 0 Å². The Morgan fingerprint density at radius 2 is 2.07 bits per heavy atom. The van der Waals surface area contributed by atoms with Gasteiger partial charge < -0.3 is 14.4 Å². The molecule has 1 atom stereocenters. The number of carbonyl (C=O) groups is 1. The summed E-state index contributed by atoms with van der Waals surface area (Å²) in [6.07, 6.45) is 6.94. The third-order valence-electron chi connectivity index (χ3n) is 5.04. The van der Waals surface area contributed by atoms with E-state index in [9.17, 15) is 4.79 Å². The molecule has 0 radical (unpaired) electrons. The van der Waals surface area contributed by atoms with Crippen molar-refractivity contribution in [3.63, 3.8) is 0 Å². The molecule has 3 heterocycles. The summed E-state index contributed by atoms with van der Waals surface area (Å²) in [7, 11) is 3.28. The molecule has 1 fully saturated rings. The zero-order valence-corrected chi connectivity index (χ0v) is 15.9. The van der Waals surface area contributed by atoms with Gasteiger partial charge in [-0.05, 0) is 49.2 Å². The van der Waals surface area contributed by atoms with Gasteiger partial charge in [0.25, 0.3) is 5.91 Å². The van der Waals surface area contributed by atoms with Crippen LogP contribution in [0.3, 0.4) is 0 Å². The number of amides is 1. The maximum absolute atomic E-state index is 13.2. The second-order valence-corrected chi connectivity index (χ2v) is 6.62. The zero-order valence-electron chi connectivity index (χ0n) is 15.9. The van der Waals surface area contributed by atoms with Gasteiger partial charge in [0.1, 0.15) is 11.5 Å². The first-order valence-electron chi connectivity index (χ1n) is 9.20. The molecule has 1 aliphatic rings. The predicted octanol–water partition coefficient (Wildman–Crippen LogP) is 3.26. The number of hydrogen-bond donors (Lipinski definition) is 0. The molecule has 0 saturated carbocycles. The summed E-state index contributed by atoms with van der Waals surface area (Å²) in [5.41, 5.74) is 1.53. The first-order chi connectivity index (χ1) is 13.7. The number of aromatic nitrogens is 3. The Balaban J connectivity index is 1.61. The van der Waals surface area contributed by atoms with Gasteiger partial charge in [-0.2, -0.15) is 5.10 Å². The molecule has 0 aliphatic carbocycles. The lowest BCUT2D eigenvalue weighted by Crippen LogP contribution is -2.31. The van der Waals surface area contributed by atoms with Crippen LogP contribution in [-0.2, 0) is 0 Å². The number of rotatable bonds is 5. The average Bonchev–Trinajstić information content (AvgIpc) is 3.45. The van der Waals surface area contributed by atoms with Gasteiger partial charge in [0.15, 0.2) is 5.82 Å². The van der Waals surface area contributed by atoms with Gasteiger partial charge in [0, 0.05) is 30.7 Å². The summed E-state index contributed by atoms with van der Waals surface area (Å²) in [6, 6.07) is 11.1. The second-order valence-electron chi connectivity index (χ2n) is 6.62. The van der Waals surface area contributed by atoms with E-state index < -0.39 is 0 Å². The van der Waals surface area contributed by atoms with Gasteiger partial charge in [-0.3, -0.25) is 4.79 Å². The Morgan fingerprint density at radius 3 is 2.75 bits per heavy atom. The number of benzene rings is 1. The number of nitrogens with zero attached hydrogens (tertiary/aromatic N) is 4. The second kappa shape index (κ2) is 7.72. The minimum atomic E-state index is -0.0525. The van der Waals surface area contributed by atoms with Gasteiger partial charge in [-0.1, -0.05) is 0 Å². The summed E-state index contributed by atoms with van der Waals surface area (Å²) in [4.78, 5) is 19.4. The highest BCUT2D eigenvalue weighted by Crippen LogP contribution is 2.39. The highest BCUT2D eigenvalue weighted by Gasteiger charge is 2.32. The first kappa shape index (κ1) is 18.0. The molecule has 1 aliphatic heterocycles. The van der Waals surface area contributed by atoms with E-state index >= 15 is 0 Å². The molecular weight excluding hydrogens is 356 g/mol. The van der Waals surface area contributed by atoms with Crippen molar-refractivity contribution in [2.75, 3.05) is 20.8 Å². The Labute approximate surface area is 163 Å². The Morgan fingerprint density at radius 1 is 1.18 bits per heavy atom. The quantitative estimate of drug-likeness (QED) is 0.682. The monoisotopic (exact) mass is 378 g/mol. The van der Waals surface area contributed by atoms with Gasteiger partial charge in [-0.25, -0.2) is 9.67 Å². The summed E-state index contributed by atoms with van der Waals surface area (Å²) in [5, 5.41) is 4.16.